The third-order valence-electron chi connectivity index (χ3n) is 7.08. The zero-order chi connectivity index (χ0) is 26.3. The van der Waals surface area contributed by atoms with Gasteiger partial charge in [0.05, 0.1) is 30.5 Å². The van der Waals surface area contributed by atoms with Crippen LogP contribution >= 0.6 is 0 Å². The number of rotatable bonds is 11. The van der Waals surface area contributed by atoms with Crippen LogP contribution in [0.5, 0.6) is 5.75 Å². The van der Waals surface area contributed by atoms with E-state index in [0.717, 1.165) is 66.8 Å². The SMILES string of the molecule is CCCOc1cccc(-c2nccc3c2cc(C(=O)O)n3CCOC2CCN(Cc3ccccc3)CC2)c1. The van der Waals surface area contributed by atoms with Crippen LogP contribution in [-0.2, 0) is 17.8 Å². The molecule has 0 aliphatic carbocycles. The van der Waals surface area contributed by atoms with Gasteiger partial charge in [0.15, 0.2) is 0 Å². The van der Waals surface area contributed by atoms with Crippen LogP contribution < -0.4 is 4.74 Å². The molecule has 0 bridgehead atoms. The molecule has 0 atom stereocenters. The van der Waals surface area contributed by atoms with Crippen molar-refractivity contribution in [2.45, 2.75) is 45.4 Å². The van der Waals surface area contributed by atoms with Gasteiger partial charge in [-0.3, -0.25) is 9.88 Å². The van der Waals surface area contributed by atoms with Gasteiger partial charge in [-0.15, -0.1) is 0 Å². The highest BCUT2D eigenvalue weighted by atomic mass is 16.5. The Hall–Kier alpha value is -3.68. The number of hydrogen-bond acceptors (Lipinski definition) is 5. The maximum Gasteiger partial charge on any atom is 0.352 e. The van der Waals surface area contributed by atoms with Crippen LogP contribution in [-0.4, -0.2) is 57.9 Å². The maximum atomic E-state index is 12.2. The van der Waals surface area contributed by atoms with Gasteiger partial charge >= 0.3 is 5.97 Å². The Labute approximate surface area is 223 Å². The molecule has 2 aromatic heterocycles. The minimum absolute atomic E-state index is 0.195. The normalized spacial score (nSPS) is 14.7. The second kappa shape index (κ2) is 12.2. The number of carbonyl (C=O) groups is 1. The first-order chi connectivity index (χ1) is 18.6. The number of ether oxygens (including phenoxy) is 2. The van der Waals surface area contributed by atoms with Gasteiger partial charge in [-0.05, 0) is 49.1 Å². The van der Waals surface area contributed by atoms with Gasteiger partial charge in [0, 0.05) is 43.3 Å². The molecule has 0 saturated carbocycles. The highest BCUT2D eigenvalue weighted by molar-refractivity contribution is 6.00. The molecule has 1 aliphatic rings. The molecule has 198 valence electrons. The van der Waals surface area contributed by atoms with Crippen molar-refractivity contribution in [2.75, 3.05) is 26.3 Å². The first-order valence-corrected chi connectivity index (χ1v) is 13.4. The molecule has 1 aliphatic heterocycles. The van der Waals surface area contributed by atoms with Crippen LogP contribution in [0.3, 0.4) is 0 Å². The summed E-state index contributed by atoms with van der Waals surface area (Å²) in [6.45, 7) is 6.62. The van der Waals surface area contributed by atoms with Crippen LogP contribution in [0.25, 0.3) is 22.2 Å². The lowest BCUT2D eigenvalue weighted by Gasteiger charge is -2.32. The molecule has 38 heavy (non-hydrogen) atoms. The molecule has 0 spiro atoms. The summed E-state index contributed by atoms with van der Waals surface area (Å²) in [4.78, 5) is 19.2. The van der Waals surface area contributed by atoms with Gasteiger partial charge in [0.1, 0.15) is 11.4 Å². The molecular formula is C31H35N3O4. The van der Waals surface area contributed by atoms with Crippen molar-refractivity contribution in [3.63, 3.8) is 0 Å². The first-order valence-electron chi connectivity index (χ1n) is 13.4. The number of hydrogen-bond donors (Lipinski definition) is 1. The van der Waals surface area contributed by atoms with Gasteiger partial charge in [0.25, 0.3) is 0 Å². The summed E-state index contributed by atoms with van der Waals surface area (Å²) in [7, 11) is 0. The van der Waals surface area contributed by atoms with Crippen LogP contribution in [0.4, 0.5) is 0 Å². The number of fused-ring (bicyclic) bond motifs is 1. The van der Waals surface area contributed by atoms with E-state index in [1.165, 1.54) is 5.56 Å². The summed E-state index contributed by atoms with van der Waals surface area (Å²) in [6, 6.07) is 22.0. The van der Waals surface area contributed by atoms with Crippen molar-refractivity contribution in [1.82, 2.24) is 14.5 Å². The predicted molar refractivity (Wildman–Crippen MR) is 149 cm³/mol. The maximum absolute atomic E-state index is 12.2. The average Bonchev–Trinajstić information content (AvgIpc) is 3.33. The zero-order valence-electron chi connectivity index (χ0n) is 21.9. The predicted octanol–water partition coefficient (Wildman–Crippen LogP) is 5.87. The van der Waals surface area contributed by atoms with Gasteiger partial charge in [-0.1, -0.05) is 49.4 Å². The number of carboxylic acids is 1. The standard InChI is InChI=1S/C31H35N3O4/c1-2-18-37-26-10-6-9-24(20-26)30-27-21-29(31(35)36)34(28(27)11-14-32-30)17-19-38-25-12-15-33(16-13-25)22-23-7-4-3-5-8-23/h3-11,14,20-21,25H,2,12-13,15-19,22H2,1H3,(H,35,36). The molecule has 2 aromatic carbocycles. The highest BCUT2D eigenvalue weighted by Crippen LogP contribution is 2.31. The van der Waals surface area contributed by atoms with E-state index in [1.54, 1.807) is 12.3 Å². The second-order valence-electron chi connectivity index (χ2n) is 9.79. The molecule has 3 heterocycles. The number of nitrogens with zero attached hydrogens (tertiary/aromatic N) is 3. The Bertz CT molecular complexity index is 1360. The van der Waals surface area contributed by atoms with E-state index in [-0.39, 0.29) is 11.8 Å². The largest absolute Gasteiger partial charge is 0.494 e. The summed E-state index contributed by atoms with van der Waals surface area (Å²) >= 11 is 0. The quantitative estimate of drug-likeness (QED) is 0.270. The van der Waals surface area contributed by atoms with E-state index >= 15 is 0 Å². The lowest BCUT2D eigenvalue weighted by atomic mass is 10.1. The van der Waals surface area contributed by atoms with E-state index in [9.17, 15) is 9.90 Å². The van der Waals surface area contributed by atoms with E-state index in [2.05, 4.69) is 41.1 Å². The minimum Gasteiger partial charge on any atom is -0.494 e. The Kier molecular flexibility index (Phi) is 8.36. The number of pyridine rings is 1. The smallest absolute Gasteiger partial charge is 0.352 e. The Morgan fingerprint density at radius 2 is 1.84 bits per heavy atom. The summed E-state index contributed by atoms with van der Waals surface area (Å²) in [5, 5.41) is 10.8. The van der Waals surface area contributed by atoms with Crippen molar-refractivity contribution in [3.05, 3.63) is 84.2 Å². The monoisotopic (exact) mass is 513 g/mol. The van der Waals surface area contributed by atoms with Gasteiger partial charge in [0.2, 0.25) is 0 Å². The van der Waals surface area contributed by atoms with Crippen LogP contribution in [0.1, 0.15) is 42.2 Å². The van der Waals surface area contributed by atoms with Crippen LogP contribution in [0, 0.1) is 0 Å². The van der Waals surface area contributed by atoms with Crippen molar-refractivity contribution in [2.24, 2.45) is 0 Å². The van der Waals surface area contributed by atoms with Crippen molar-refractivity contribution in [1.29, 1.82) is 0 Å². The molecule has 5 rings (SSSR count). The Balaban J connectivity index is 1.26. The Morgan fingerprint density at radius 3 is 2.61 bits per heavy atom. The summed E-state index contributed by atoms with van der Waals surface area (Å²) in [5.41, 5.74) is 4.07. The molecule has 0 amide bonds. The van der Waals surface area contributed by atoms with Gasteiger partial charge in [-0.25, -0.2) is 4.79 Å². The lowest BCUT2D eigenvalue weighted by Crippen LogP contribution is -2.37. The molecule has 4 aromatic rings. The van der Waals surface area contributed by atoms with E-state index in [4.69, 9.17) is 9.47 Å². The van der Waals surface area contributed by atoms with E-state index in [0.29, 0.717) is 19.8 Å². The molecule has 1 saturated heterocycles. The summed E-state index contributed by atoms with van der Waals surface area (Å²) in [6.07, 6.45) is 4.83. The van der Waals surface area contributed by atoms with Crippen molar-refractivity contribution >= 4 is 16.9 Å². The number of piperidine rings is 1. The molecular weight excluding hydrogens is 478 g/mol. The molecule has 7 nitrogen and oxygen atoms in total. The van der Waals surface area contributed by atoms with Gasteiger partial charge < -0.3 is 19.1 Å². The van der Waals surface area contributed by atoms with E-state index in [1.807, 2.05) is 41.0 Å². The van der Waals surface area contributed by atoms with E-state index < -0.39 is 5.97 Å². The molecule has 1 fully saturated rings. The fourth-order valence-electron chi connectivity index (χ4n) is 5.17. The fraction of sp³-hybridized carbons (Fsp3) is 0.355. The zero-order valence-corrected chi connectivity index (χ0v) is 21.9. The summed E-state index contributed by atoms with van der Waals surface area (Å²) in [5.74, 6) is -0.175. The average molecular weight is 514 g/mol. The van der Waals surface area contributed by atoms with Crippen LogP contribution in [0.2, 0.25) is 0 Å². The topological polar surface area (TPSA) is 76.8 Å². The number of likely N-dealkylation sites (tertiary alicyclic amines) is 1. The second-order valence-corrected chi connectivity index (χ2v) is 9.79. The Morgan fingerprint density at radius 1 is 1.03 bits per heavy atom. The molecule has 1 N–H and O–H groups in total. The number of aromatic carboxylic acids is 1. The highest BCUT2D eigenvalue weighted by Gasteiger charge is 2.21. The third kappa shape index (κ3) is 6.06. The minimum atomic E-state index is -0.957. The summed E-state index contributed by atoms with van der Waals surface area (Å²) < 4.78 is 13.9. The number of aromatic nitrogens is 2. The van der Waals surface area contributed by atoms with Crippen molar-refractivity contribution in [3.8, 4) is 17.0 Å². The molecule has 0 radical (unpaired) electrons. The van der Waals surface area contributed by atoms with Crippen LogP contribution in [0.15, 0.2) is 72.9 Å². The first kappa shape index (κ1) is 25.9. The number of carboxylic acid groups (broad SMARTS) is 1. The third-order valence-corrected chi connectivity index (χ3v) is 7.08. The fourth-order valence-corrected chi connectivity index (χ4v) is 5.17. The lowest BCUT2D eigenvalue weighted by molar-refractivity contribution is 0.00260. The molecule has 7 heteroatoms. The number of benzene rings is 2. The molecule has 0 unspecified atom stereocenters. The van der Waals surface area contributed by atoms with Gasteiger partial charge in [-0.2, -0.15) is 0 Å². The van der Waals surface area contributed by atoms with Crippen molar-refractivity contribution < 1.29 is 19.4 Å².